The third-order valence-corrected chi connectivity index (χ3v) is 5.34. The summed E-state index contributed by atoms with van der Waals surface area (Å²) in [5.74, 6) is -1.09. The highest BCUT2D eigenvalue weighted by Crippen LogP contribution is 2.27. The van der Waals surface area contributed by atoms with Gasteiger partial charge in [-0.25, -0.2) is 8.78 Å². The van der Waals surface area contributed by atoms with Crippen molar-refractivity contribution in [3.05, 3.63) is 65.9 Å². The third-order valence-electron chi connectivity index (χ3n) is 5.34. The molecule has 0 unspecified atom stereocenters. The molecule has 0 bridgehead atoms. The molecule has 0 radical (unpaired) electrons. The van der Waals surface area contributed by atoms with E-state index < -0.39 is 17.7 Å². The van der Waals surface area contributed by atoms with Gasteiger partial charge in [0, 0.05) is 68.5 Å². The van der Waals surface area contributed by atoms with Crippen molar-refractivity contribution in [2.45, 2.75) is 6.10 Å². The Morgan fingerprint density at radius 3 is 2.52 bits per heavy atom. The summed E-state index contributed by atoms with van der Waals surface area (Å²) in [4.78, 5) is 4.11. The average Bonchev–Trinajstić information content (AvgIpc) is 3.00. The van der Waals surface area contributed by atoms with E-state index in [0.29, 0.717) is 25.3 Å². The number of rotatable bonds is 4. The Labute approximate surface area is 157 Å². The highest BCUT2D eigenvalue weighted by Gasteiger charge is 2.23. The highest BCUT2D eigenvalue weighted by atomic mass is 19.1. The molecule has 3 aromatic rings. The van der Waals surface area contributed by atoms with Crippen LogP contribution in [0.5, 0.6) is 0 Å². The SMILES string of the molecule is Cn1cc([C@H](O)CN2CCN(c3ccc(F)cc3F)CC2)c2ccccc21. The van der Waals surface area contributed by atoms with Crippen molar-refractivity contribution < 1.29 is 13.9 Å². The summed E-state index contributed by atoms with van der Waals surface area (Å²) >= 11 is 0. The van der Waals surface area contributed by atoms with Gasteiger partial charge in [0.25, 0.3) is 0 Å². The molecule has 1 fully saturated rings. The first-order valence-electron chi connectivity index (χ1n) is 9.17. The normalized spacial score (nSPS) is 16.8. The van der Waals surface area contributed by atoms with Crippen molar-refractivity contribution in [2.75, 3.05) is 37.6 Å². The molecular weight excluding hydrogens is 348 g/mol. The zero-order valence-electron chi connectivity index (χ0n) is 15.3. The maximum absolute atomic E-state index is 14.0. The zero-order chi connectivity index (χ0) is 19.0. The first-order valence-corrected chi connectivity index (χ1v) is 9.17. The van der Waals surface area contributed by atoms with Crippen LogP contribution in [0, 0.1) is 11.6 Å². The van der Waals surface area contributed by atoms with E-state index >= 15 is 0 Å². The summed E-state index contributed by atoms with van der Waals surface area (Å²) < 4.78 is 29.1. The first-order chi connectivity index (χ1) is 13.0. The molecule has 4 rings (SSSR count). The van der Waals surface area contributed by atoms with Gasteiger partial charge < -0.3 is 14.6 Å². The zero-order valence-corrected chi connectivity index (χ0v) is 15.3. The van der Waals surface area contributed by atoms with Gasteiger partial charge in [0.1, 0.15) is 11.6 Å². The quantitative estimate of drug-likeness (QED) is 0.764. The average molecular weight is 371 g/mol. The highest BCUT2D eigenvalue weighted by molar-refractivity contribution is 5.84. The third kappa shape index (κ3) is 3.55. The number of piperazine rings is 1. The van der Waals surface area contributed by atoms with E-state index in [4.69, 9.17) is 0 Å². The second-order valence-corrected chi connectivity index (χ2v) is 7.11. The molecule has 0 saturated carbocycles. The number of fused-ring (bicyclic) bond motifs is 1. The van der Waals surface area contributed by atoms with E-state index in [2.05, 4.69) is 4.90 Å². The van der Waals surface area contributed by atoms with Crippen molar-refractivity contribution in [1.29, 1.82) is 0 Å². The van der Waals surface area contributed by atoms with Gasteiger partial charge in [0.15, 0.2) is 0 Å². The van der Waals surface area contributed by atoms with Crippen LogP contribution < -0.4 is 4.90 Å². The Morgan fingerprint density at radius 1 is 1.04 bits per heavy atom. The fourth-order valence-corrected chi connectivity index (χ4v) is 3.89. The molecule has 0 amide bonds. The number of benzene rings is 2. The summed E-state index contributed by atoms with van der Waals surface area (Å²) in [5.41, 5.74) is 2.47. The maximum atomic E-state index is 14.0. The Hall–Kier alpha value is -2.44. The number of hydrogen-bond donors (Lipinski definition) is 1. The van der Waals surface area contributed by atoms with E-state index in [-0.39, 0.29) is 0 Å². The minimum atomic E-state index is -0.579. The van der Waals surface area contributed by atoms with Crippen LogP contribution in [0.1, 0.15) is 11.7 Å². The fourth-order valence-electron chi connectivity index (χ4n) is 3.89. The lowest BCUT2D eigenvalue weighted by molar-refractivity contribution is 0.110. The number of halogens is 2. The van der Waals surface area contributed by atoms with Gasteiger partial charge in [-0.1, -0.05) is 18.2 Å². The summed E-state index contributed by atoms with van der Waals surface area (Å²) in [5, 5.41) is 11.8. The van der Waals surface area contributed by atoms with E-state index in [1.165, 1.54) is 12.1 Å². The molecule has 1 saturated heterocycles. The van der Waals surface area contributed by atoms with Crippen molar-refractivity contribution in [2.24, 2.45) is 7.05 Å². The molecule has 1 aromatic heterocycles. The molecule has 1 aliphatic rings. The Morgan fingerprint density at radius 2 is 1.78 bits per heavy atom. The number of hydrogen-bond acceptors (Lipinski definition) is 3. The van der Waals surface area contributed by atoms with E-state index in [9.17, 15) is 13.9 Å². The van der Waals surface area contributed by atoms with Crippen LogP contribution in [0.3, 0.4) is 0 Å². The van der Waals surface area contributed by atoms with Crippen molar-refractivity contribution in [3.63, 3.8) is 0 Å². The number of aliphatic hydroxyl groups is 1. The van der Waals surface area contributed by atoms with Crippen LogP contribution in [0.4, 0.5) is 14.5 Å². The van der Waals surface area contributed by atoms with Gasteiger partial charge in [0.05, 0.1) is 11.8 Å². The van der Waals surface area contributed by atoms with Crippen molar-refractivity contribution in [1.82, 2.24) is 9.47 Å². The molecule has 0 spiro atoms. The summed E-state index contributed by atoms with van der Waals surface area (Å²) in [6.07, 6.45) is 1.41. The molecule has 2 heterocycles. The molecule has 4 nitrogen and oxygen atoms in total. The molecule has 2 aromatic carbocycles. The minimum absolute atomic E-state index is 0.436. The summed E-state index contributed by atoms with van der Waals surface area (Å²) in [6, 6.07) is 11.7. The molecular formula is C21H23F2N3O. The van der Waals surface area contributed by atoms with Crippen LogP contribution >= 0.6 is 0 Å². The van der Waals surface area contributed by atoms with E-state index in [0.717, 1.165) is 35.6 Å². The lowest BCUT2D eigenvalue weighted by Crippen LogP contribution is -2.47. The number of β-amino-alcohol motifs (C(OH)–C–C–N with tert-alkyl or cyclic N) is 1. The standard InChI is InChI=1S/C21H23F2N3O/c1-24-13-17(16-4-2-3-5-19(16)24)21(27)14-25-8-10-26(11-9-25)20-7-6-15(22)12-18(20)23/h2-7,12-13,21,27H,8-11,14H2,1H3/t21-/m1/s1. The maximum Gasteiger partial charge on any atom is 0.149 e. The van der Waals surface area contributed by atoms with Crippen LogP contribution in [-0.4, -0.2) is 47.3 Å². The van der Waals surface area contributed by atoms with E-state index in [1.54, 1.807) is 0 Å². The Kier molecular flexibility index (Phi) is 4.85. The van der Waals surface area contributed by atoms with Gasteiger partial charge in [0.2, 0.25) is 0 Å². The number of para-hydroxylation sites is 1. The van der Waals surface area contributed by atoms with Crippen LogP contribution in [-0.2, 0) is 7.05 Å². The number of nitrogens with zero attached hydrogens (tertiary/aromatic N) is 3. The lowest BCUT2D eigenvalue weighted by atomic mass is 10.1. The molecule has 6 heteroatoms. The van der Waals surface area contributed by atoms with Gasteiger partial charge >= 0.3 is 0 Å². The van der Waals surface area contributed by atoms with Crippen LogP contribution in [0.15, 0.2) is 48.7 Å². The monoisotopic (exact) mass is 371 g/mol. The predicted molar refractivity (Wildman–Crippen MR) is 103 cm³/mol. The Balaban J connectivity index is 1.41. The molecule has 1 aliphatic heterocycles. The van der Waals surface area contributed by atoms with Gasteiger partial charge in [-0.2, -0.15) is 0 Å². The smallest absolute Gasteiger partial charge is 0.149 e. The van der Waals surface area contributed by atoms with Crippen LogP contribution in [0.25, 0.3) is 10.9 Å². The molecule has 1 N–H and O–H groups in total. The number of aliphatic hydroxyl groups excluding tert-OH is 1. The second-order valence-electron chi connectivity index (χ2n) is 7.11. The van der Waals surface area contributed by atoms with Gasteiger partial charge in [-0.05, 0) is 18.2 Å². The molecule has 0 aliphatic carbocycles. The summed E-state index contributed by atoms with van der Waals surface area (Å²) in [7, 11) is 1.98. The first kappa shape index (κ1) is 17.9. The lowest BCUT2D eigenvalue weighted by Gasteiger charge is -2.37. The number of anilines is 1. The number of aryl methyl sites for hydroxylation is 1. The molecule has 142 valence electrons. The summed E-state index contributed by atoms with van der Waals surface area (Å²) in [6.45, 7) is 3.26. The Bertz CT molecular complexity index is 948. The van der Waals surface area contributed by atoms with Crippen LogP contribution in [0.2, 0.25) is 0 Å². The fraction of sp³-hybridized carbons (Fsp3) is 0.333. The largest absolute Gasteiger partial charge is 0.387 e. The molecule has 27 heavy (non-hydrogen) atoms. The van der Waals surface area contributed by atoms with Crippen molar-refractivity contribution in [3.8, 4) is 0 Å². The van der Waals surface area contributed by atoms with Crippen molar-refractivity contribution >= 4 is 16.6 Å². The number of aromatic nitrogens is 1. The van der Waals surface area contributed by atoms with Gasteiger partial charge in [-0.15, -0.1) is 0 Å². The van der Waals surface area contributed by atoms with Gasteiger partial charge in [-0.3, -0.25) is 4.90 Å². The minimum Gasteiger partial charge on any atom is -0.387 e. The topological polar surface area (TPSA) is 31.6 Å². The predicted octanol–water partition coefficient (Wildman–Crippen LogP) is 3.31. The molecule has 1 atom stereocenters. The second kappa shape index (κ2) is 7.29. The van der Waals surface area contributed by atoms with E-state index in [1.807, 2.05) is 47.0 Å².